The number of carbonyl (C=O) groups excluding carboxylic acids is 3. The number of benzene rings is 2. The summed E-state index contributed by atoms with van der Waals surface area (Å²) < 4.78 is 29.9. The number of amides is 3. The van der Waals surface area contributed by atoms with Crippen LogP contribution in [0.15, 0.2) is 53.1 Å². The highest BCUT2D eigenvalue weighted by Crippen LogP contribution is 2.24. The van der Waals surface area contributed by atoms with Crippen LogP contribution in [0.4, 0.5) is 15.8 Å². The van der Waals surface area contributed by atoms with Crippen LogP contribution >= 0.6 is 0 Å². The first-order valence-corrected chi connectivity index (χ1v) is 11.1. The molecule has 190 valence electrons. The minimum absolute atomic E-state index is 0.119. The monoisotopic (exact) mass is 497 g/mol. The average molecular weight is 498 g/mol. The molecule has 3 aromatic rings. The number of nitrogens with one attached hydrogen (secondary N) is 3. The Bertz CT molecular complexity index is 1250. The number of rotatable bonds is 9. The number of aryl methyl sites for hydroxylation is 1. The predicted molar refractivity (Wildman–Crippen MR) is 132 cm³/mol. The van der Waals surface area contributed by atoms with Gasteiger partial charge < -0.3 is 29.8 Å². The van der Waals surface area contributed by atoms with E-state index in [9.17, 15) is 18.8 Å². The molecule has 0 bridgehead atoms. The van der Waals surface area contributed by atoms with Crippen molar-refractivity contribution in [2.24, 2.45) is 5.92 Å². The van der Waals surface area contributed by atoms with Gasteiger partial charge in [0.15, 0.2) is 0 Å². The number of hydrogen-bond acceptors (Lipinski definition) is 6. The molecule has 0 radical (unpaired) electrons. The summed E-state index contributed by atoms with van der Waals surface area (Å²) in [6.07, 6.45) is 1.36. The summed E-state index contributed by atoms with van der Waals surface area (Å²) in [6, 6.07) is 9.04. The van der Waals surface area contributed by atoms with Crippen molar-refractivity contribution in [1.29, 1.82) is 0 Å². The number of methoxy groups -OCH3 is 2. The maximum absolute atomic E-state index is 14.4. The lowest BCUT2D eigenvalue weighted by Crippen LogP contribution is -2.47. The number of furan rings is 1. The molecule has 0 saturated carbocycles. The van der Waals surface area contributed by atoms with E-state index in [0.717, 1.165) is 6.07 Å². The van der Waals surface area contributed by atoms with Crippen LogP contribution in [0.1, 0.15) is 40.3 Å². The van der Waals surface area contributed by atoms with Crippen molar-refractivity contribution in [3.8, 4) is 11.5 Å². The molecule has 1 aromatic heterocycles. The molecule has 0 aliphatic rings. The van der Waals surface area contributed by atoms with Gasteiger partial charge in [0.2, 0.25) is 5.91 Å². The summed E-state index contributed by atoms with van der Waals surface area (Å²) in [5, 5.41) is 7.87. The molecule has 3 rings (SSSR count). The van der Waals surface area contributed by atoms with Crippen molar-refractivity contribution in [3.63, 3.8) is 0 Å². The van der Waals surface area contributed by atoms with Gasteiger partial charge in [-0.05, 0) is 49.2 Å². The van der Waals surface area contributed by atoms with E-state index in [2.05, 4.69) is 16.0 Å². The van der Waals surface area contributed by atoms with Crippen LogP contribution < -0.4 is 25.4 Å². The van der Waals surface area contributed by atoms with Gasteiger partial charge in [-0.2, -0.15) is 0 Å². The first-order valence-electron chi connectivity index (χ1n) is 11.1. The van der Waals surface area contributed by atoms with Crippen LogP contribution in [0, 0.1) is 18.7 Å². The van der Waals surface area contributed by atoms with Gasteiger partial charge in [0.05, 0.1) is 31.7 Å². The Morgan fingerprint density at radius 3 is 2.14 bits per heavy atom. The lowest BCUT2D eigenvalue weighted by Gasteiger charge is -2.22. The summed E-state index contributed by atoms with van der Waals surface area (Å²) >= 11 is 0. The Hall–Kier alpha value is -4.34. The van der Waals surface area contributed by atoms with Gasteiger partial charge in [-0.15, -0.1) is 0 Å². The van der Waals surface area contributed by atoms with Gasteiger partial charge in [-0.3, -0.25) is 14.4 Å². The molecule has 0 aliphatic carbocycles. The summed E-state index contributed by atoms with van der Waals surface area (Å²) in [4.78, 5) is 38.4. The van der Waals surface area contributed by atoms with Gasteiger partial charge in [-0.25, -0.2) is 4.39 Å². The minimum atomic E-state index is -0.911. The van der Waals surface area contributed by atoms with Crippen molar-refractivity contribution in [3.05, 3.63) is 71.4 Å². The summed E-state index contributed by atoms with van der Waals surface area (Å²) in [6.45, 7) is 5.17. The fourth-order valence-corrected chi connectivity index (χ4v) is 3.43. The van der Waals surface area contributed by atoms with E-state index in [1.54, 1.807) is 26.8 Å². The molecule has 2 aromatic carbocycles. The molecule has 9 nitrogen and oxygen atoms in total. The quantitative estimate of drug-likeness (QED) is 0.404. The lowest BCUT2D eigenvalue weighted by molar-refractivity contribution is -0.118. The summed E-state index contributed by atoms with van der Waals surface area (Å²) in [5.41, 5.74) is 0.641. The number of hydrogen-bond donors (Lipinski definition) is 3. The Kier molecular flexibility index (Phi) is 8.31. The average Bonchev–Trinajstić information content (AvgIpc) is 3.29. The number of ether oxygens (including phenoxy) is 2. The van der Waals surface area contributed by atoms with Crippen molar-refractivity contribution < 1.29 is 32.7 Å². The minimum Gasteiger partial charge on any atom is -0.497 e. The van der Waals surface area contributed by atoms with E-state index in [1.165, 1.54) is 50.8 Å². The second kappa shape index (κ2) is 11.4. The third kappa shape index (κ3) is 6.21. The molecule has 36 heavy (non-hydrogen) atoms. The summed E-state index contributed by atoms with van der Waals surface area (Å²) in [7, 11) is 2.94. The highest BCUT2D eigenvalue weighted by Gasteiger charge is 2.26. The second-order valence-electron chi connectivity index (χ2n) is 8.32. The zero-order valence-electron chi connectivity index (χ0n) is 20.6. The Labute approximate surface area is 208 Å². The van der Waals surface area contributed by atoms with E-state index < -0.39 is 29.6 Å². The van der Waals surface area contributed by atoms with Gasteiger partial charge >= 0.3 is 0 Å². The largest absolute Gasteiger partial charge is 0.497 e. The van der Waals surface area contributed by atoms with Crippen molar-refractivity contribution in [2.75, 3.05) is 24.9 Å². The zero-order chi connectivity index (χ0) is 26.4. The van der Waals surface area contributed by atoms with Crippen LogP contribution in [0.2, 0.25) is 0 Å². The molecule has 0 fully saturated rings. The number of carbonyl (C=O) groups is 3. The number of anilines is 2. The molecule has 1 heterocycles. The molecule has 1 atom stereocenters. The first-order chi connectivity index (χ1) is 17.1. The third-order valence-electron chi connectivity index (χ3n) is 5.43. The SMILES string of the molecule is COc1cc(OC)cc(C(=O)NC(C(=O)Nc2ccc(F)c(NC(=O)c3ccoc3C)c2)C(C)C)c1. The molecule has 0 aliphatic heterocycles. The second-order valence-corrected chi connectivity index (χ2v) is 8.32. The van der Waals surface area contributed by atoms with Gasteiger partial charge in [0.1, 0.15) is 29.1 Å². The normalized spacial score (nSPS) is 11.5. The zero-order valence-corrected chi connectivity index (χ0v) is 20.6. The fraction of sp³-hybridized carbons (Fsp3) is 0.269. The molecule has 0 spiro atoms. The highest BCUT2D eigenvalue weighted by molar-refractivity contribution is 6.06. The molecular formula is C26H28FN3O6. The molecule has 3 amide bonds. The van der Waals surface area contributed by atoms with Gasteiger partial charge in [0, 0.05) is 17.3 Å². The maximum Gasteiger partial charge on any atom is 0.259 e. The van der Waals surface area contributed by atoms with Gasteiger partial charge in [0.25, 0.3) is 11.8 Å². The van der Waals surface area contributed by atoms with Crippen molar-refractivity contribution in [1.82, 2.24) is 5.32 Å². The lowest BCUT2D eigenvalue weighted by atomic mass is 10.0. The molecular weight excluding hydrogens is 469 g/mol. The molecule has 10 heteroatoms. The fourth-order valence-electron chi connectivity index (χ4n) is 3.43. The Morgan fingerprint density at radius 1 is 0.917 bits per heavy atom. The first kappa shape index (κ1) is 26.3. The Morgan fingerprint density at radius 2 is 1.58 bits per heavy atom. The van der Waals surface area contributed by atoms with Crippen LogP contribution in [-0.2, 0) is 4.79 Å². The van der Waals surface area contributed by atoms with Crippen LogP contribution in [-0.4, -0.2) is 38.0 Å². The Balaban J connectivity index is 1.75. The van der Waals surface area contributed by atoms with E-state index >= 15 is 0 Å². The van der Waals surface area contributed by atoms with Crippen LogP contribution in [0.5, 0.6) is 11.5 Å². The smallest absolute Gasteiger partial charge is 0.259 e. The van der Waals surface area contributed by atoms with Crippen LogP contribution in [0.25, 0.3) is 0 Å². The molecule has 1 unspecified atom stereocenters. The molecule has 3 N–H and O–H groups in total. The van der Waals surface area contributed by atoms with E-state index in [0.29, 0.717) is 17.3 Å². The number of halogens is 1. The van der Waals surface area contributed by atoms with Crippen molar-refractivity contribution >= 4 is 29.1 Å². The standard InChI is InChI=1S/C26H28FN3O6/c1-14(2)23(30-24(31)16-10-18(34-4)13-19(11-16)35-5)26(33)28-17-6-7-21(27)22(12-17)29-25(32)20-8-9-36-15(20)3/h6-14,23H,1-5H3,(H,28,33)(H,29,32)(H,30,31). The predicted octanol–water partition coefficient (Wildman–Crippen LogP) is 4.39. The maximum atomic E-state index is 14.4. The van der Waals surface area contributed by atoms with E-state index in [4.69, 9.17) is 13.9 Å². The van der Waals surface area contributed by atoms with Crippen LogP contribution in [0.3, 0.4) is 0 Å². The molecule has 0 saturated heterocycles. The van der Waals surface area contributed by atoms with Gasteiger partial charge in [-0.1, -0.05) is 13.8 Å². The van der Waals surface area contributed by atoms with E-state index in [1.807, 2.05) is 0 Å². The summed E-state index contributed by atoms with van der Waals surface area (Å²) in [5.74, 6) is -1.26. The topological polar surface area (TPSA) is 119 Å². The highest BCUT2D eigenvalue weighted by atomic mass is 19.1. The van der Waals surface area contributed by atoms with E-state index in [-0.39, 0.29) is 28.4 Å². The van der Waals surface area contributed by atoms with Crippen molar-refractivity contribution in [2.45, 2.75) is 26.8 Å². The third-order valence-corrected chi connectivity index (χ3v) is 5.43.